The van der Waals surface area contributed by atoms with E-state index in [0.29, 0.717) is 33.9 Å². The summed E-state index contributed by atoms with van der Waals surface area (Å²) in [5, 5.41) is 17.8. The van der Waals surface area contributed by atoms with E-state index < -0.39 is 9.84 Å². The van der Waals surface area contributed by atoms with Crippen molar-refractivity contribution in [2.24, 2.45) is 0 Å². The average molecular weight is 515 g/mol. The summed E-state index contributed by atoms with van der Waals surface area (Å²) in [6.45, 7) is 1.93. The number of anilines is 2. The quantitative estimate of drug-likeness (QED) is 0.328. The first-order valence-corrected chi connectivity index (χ1v) is 12.8. The number of aliphatic hydroxyl groups excluding tert-OH is 2. The Hall–Kier alpha value is -3.66. The Morgan fingerprint density at radius 3 is 1.64 bits per heavy atom. The minimum absolute atomic E-state index is 0.198. The van der Waals surface area contributed by atoms with Crippen LogP contribution in [-0.4, -0.2) is 43.6 Å². The van der Waals surface area contributed by atoms with Crippen molar-refractivity contribution in [3.05, 3.63) is 96.6 Å². The molecule has 0 bridgehead atoms. The van der Waals surface area contributed by atoms with E-state index in [2.05, 4.69) is 10.3 Å². The van der Waals surface area contributed by atoms with E-state index in [9.17, 15) is 17.2 Å². The maximum atomic E-state index is 13.4. The van der Waals surface area contributed by atoms with E-state index in [1.807, 2.05) is 0 Å². The second-order valence-corrected chi connectivity index (χ2v) is 9.40. The van der Waals surface area contributed by atoms with Crippen LogP contribution in [0, 0.1) is 11.6 Å². The highest BCUT2D eigenvalue weighted by molar-refractivity contribution is 7.90. The van der Waals surface area contributed by atoms with Gasteiger partial charge < -0.3 is 15.5 Å². The molecule has 1 aromatic heterocycles. The Bertz CT molecular complexity index is 1300. The standard InChI is InChI=1S/C24H18F2N2O2S.C2H6O.CH4O/c1-31(29,30)22-4-2-3-20(13-22)27-21-14-23(16-5-9-18(25)10-6-16)28-24(15-21)17-7-11-19(26)12-8-17;1-2-3;1-2/h2-15H,1H3,(H,27,28);3H,2H2,1H3;2H,1H3. The first-order chi connectivity index (χ1) is 17.2. The second-order valence-electron chi connectivity index (χ2n) is 7.38. The summed E-state index contributed by atoms with van der Waals surface area (Å²) in [5.41, 5.74) is 3.83. The van der Waals surface area contributed by atoms with Crippen LogP contribution in [0.1, 0.15) is 6.92 Å². The molecule has 9 heteroatoms. The van der Waals surface area contributed by atoms with Gasteiger partial charge in [-0.25, -0.2) is 22.2 Å². The van der Waals surface area contributed by atoms with Gasteiger partial charge in [-0.05, 0) is 85.8 Å². The lowest BCUT2D eigenvalue weighted by atomic mass is 10.1. The maximum absolute atomic E-state index is 13.4. The third kappa shape index (κ3) is 8.23. The maximum Gasteiger partial charge on any atom is 0.175 e. The summed E-state index contributed by atoms with van der Waals surface area (Å²) in [4.78, 5) is 4.85. The topological polar surface area (TPSA) is 99.5 Å². The van der Waals surface area contributed by atoms with Crippen LogP contribution >= 0.6 is 0 Å². The number of nitrogens with one attached hydrogen (secondary N) is 1. The number of halogens is 2. The van der Waals surface area contributed by atoms with E-state index in [-0.39, 0.29) is 23.1 Å². The molecule has 1 heterocycles. The van der Waals surface area contributed by atoms with Gasteiger partial charge in [0.2, 0.25) is 0 Å². The lowest BCUT2D eigenvalue weighted by Crippen LogP contribution is -1.99. The lowest BCUT2D eigenvalue weighted by Gasteiger charge is -2.12. The molecule has 0 saturated carbocycles. The van der Waals surface area contributed by atoms with Crippen molar-refractivity contribution in [1.82, 2.24) is 4.98 Å². The molecule has 0 unspecified atom stereocenters. The number of aromatic nitrogens is 1. The van der Waals surface area contributed by atoms with Gasteiger partial charge >= 0.3 is 0 Å². The number of hydrogen-bond donors (Lipinski definition) is 3. The fraction of sp³-hybridized carbons (Fsp3) is 0.148. The van der Waals surface area contributed by atoms with Crippen LogP contribution < -0.4 is 5.32 Å². The van der Waals surface area contributed by atoms with Crippen molar-refractivity contribution in [1.29, 1.82) is 0 Å². The number of benzene rings is 3. The van der Waals surface area contributed by atoms with Gasteiger partial charge in [0.1, 0.15) is 11.6 Å². The van der Waals surface area contributed by atoms with Gasteiger partial charge in [-0.2, -0.15) is 0 Å². The van der Waals surface area contributed by atoms with Crippen LogP contribution in [0.15, 0.2) is 89.8 Å². The minimum Gasteiger partial charge on any atom is -0.400 e. The number of sulfone groups is 1. The highest BCUT2D eigenvalue weighted by Crippen LogP contribution is 2.29. The normalized spacial score (nSPS) is 10.4. The number of rotatable bonds is 5. The zero-order valence-electron chi connectivity index (χ0n) is 20.1. The van der Waals surface area contributed by atoms with Crippen molar-refractivity contribution in [2.75, 3.05) is 25.3 Å². The number of nitrogens with zero attached hydrogens (tertiary/aromatic N) is 1. The van der Waals surface area contributed by atoms with Crippen molar-refractivity contribution in [3.63, 3.8) is 0 Å². The molecule has 0 amide bonds. The summed E-state index contributed by atoms with van der Waals surface area (Å²) in [5.74, 6) is -0.705. The Morgan fingerprint density at radius 1 is 0.778 bits per heavy atom. The molecule has 0 radical (unpaired) electrons. The summed E-state index contributed by atoms with van der Waals surface area (Å²) in [6.07, 6.45) is 1.15. The summed E-state index contributed by atoms with van der Waals surface area (Å²) in [6, 6.07) is 22.0. The third-order valence-electron chi connectivity index (χ3n) is 4.66. The van der Waals surface area contributed by atoms with Crippen molar-refractivity contribution < 1.29 is 27.4 Å². The minimum atomic E-state index is -3.35. The summed E-state index contributed by atoms with van der Waals surface area (Å²) < 4.78 is 50.5. The molecule has 0 spiro atoms. The van der Waals surface area contributed by atoms with Gasteiger partial charge in [0, 0.05) is 42.5 Å². The summed E-state index contributed by atoms with van der Waals surface area (Å²) >= 11 is 0. The predicted octanol–water partition coefficient (Wildman–Crippen LogP) is 5.45. The third-order valence-corrected chi connectivity index (χ3v) is 5.77. The summed E-state index contributed by atoms with van der Waals surface area (Å²) in [7, 11) is -2.35. The molecule has 0 aliphatic heterocycles. The molecule has 6 nitrogen and oxygen atoms in total. The van der Waals surface area contributed by atoms with Gasteiger partial charge in [0.25, 0.3) is 0 Å². The monoisotopic (exact) mass is 514 g/mol. The second kappa shape index (κ2) is 13.4. The molecule has 0 saturated heterocycles. The molecular formula is C27H28F2N2O4S. The molecule has 0 fully saturated rings. The average Bonchev–Trinajstić information content (AvgIpc) is 2.86. The Morgan fingerprint density at radius 2 is 1.22 bits per heavy atom. The Kier molecular flexibility index (Phi) is 10.7. The van der Waals surface area contributed by atoms with Crippen molar-refractivity contribution in [3.8, 4) is 22.5 Å². The zero-order chi connectivity index (χ0) is 26.7. The number of hydrogen-bond acceptors (Lipinski definition) is 6. The molecular weight excluding hydrogens is 486 g/mol. The van der Waals surface area contributed by atoms with Crippen LogP contribution in [-0.2, 0) is 9.84 Å². The fourth-order valence-electron chi connectivity index (χ4n) is 3.11. The van der Waals surface area contributed by atoms with Crippen molar-refractivity contribution >= 4 is 21.2 Å². The molecule has 0 atom stereocenters. The molecule has 36 heavy (non-hydrogen) atoms. The zero-order valence-corrected chi connectivity index (χ0v) is 20.9. The number of aliphatic hydroxyl groups is 2. The van der Waals surface area contributed by atoms with Crippen LogP contribution in [0.4, 0.5) is 20.2 Å². The molecule has 3 aromatic carbocycles. The Labute approximate surface area is 209 Å². The molecule has 4 rings (SSSR count). The predicted molar refractivity (Wildman–Crippen MR) is 139 cm³/mol. The number of pyridine rings is 1. The molecule has 190 valence electrons. The van der Waals surface area contributed by atoms with Crippen LogP contribution in [0.25, 0.3) is 22.5 Å². The molecule has 0 aliphatic carbocycles. The van der Waals surface area contributed by atoms with E-state index in [1.54, 1.807) is 61.5 Å². The van der Waals surface area contributed by atoms with Gasteiger partial charge in [-0.3, -0.25) is 0 Å². The first kappa shape index (κ1) is 28.6. The van der Waals surface area contributed by atoms with E-state index >= 15 is 0 Å². The highest BCUT2D eigenvalue weighted by Gasteiger charge is 2.11. The van der Waals surface area contributed by atoms with E-state index in [4.69, 9.17) is 10.2 Å². The first-order valence-electron chi connectivity index (χ1n) is 10.9. The SMILES string of the molecule is CCO.CO.CS(=O)(=O)c1cccc(Nc2cc(-c3ccc(F)cc3)nc(-c3ccc(F)cc3)c2)c1. The molecule has 4 aromatic rings. The van der Waals surface area contributed by atoms with Gasteiger partial charge in [0.05, 0.1) is 16.3 Å². The molecule has 0 aliphatic rings. The van der Waals surface area contributed by atoms with Gasteiger partial charge in [0.15, 0.2) is 9.84 Å². The van der Waals surface area contributed by atoms with Crippen LogP contribution in [0.2, 0.25) is 0 Å². The smallest absolute Gasteiger partial charge is 0.175 e. The van der Waals surface area contributed by atoms with Crippen molar-refractivity contribution in [2.45, 2.75) is 11.8 Å². The largest absolute Gasteiger partial charge is 0.400 e. The Balaban J connectivity index is 0.000000850. The fourth-order valence-corrected chi connectivity index (χ4v) is 3.78. The highest BCUT2D eigenvalue weighted by atomic mass is 32.2. The van der Waals surface area contributed by atoms with Crippen LogP contribution in [0.5, 0.6) is 0 Å². The molecule has 3 N–H and O–H groups in total. The lowest BCUT2D eigenvalue weighted by molar-refractivity contribution is 0.318. The van der Waals surface area contributed by atoms with E-state index in [0.717, 1.165) is 13.4 Å². The van der Waals surface area contributed by atoms with Gasteiger partial charge in [-0.1, -0.05) is 6.07 Å². The van der Waals surface area contributed by atoms with Crippen LogP contribution in [0.3, 0.4) is 0 Å². The van der Waals surface area contributed by atoms with Gasteiger partial charge in [-0.15, -0.1) is 0 Å². The van der Waals surface area contributed by atoms with E-state index in [1.165, 1.54) is 30.3 Å².